The zero-order valence-electron chi connectivity index (χ0n) is 22.3. The number of nitrogens with one attached hydrogen (secondary N) is 1. The average molecular weight is 569 g/mol. The normalized spacial score (nSPS) is 12.7. The lowest BCUT2D eigenvalue weighted by atomic mass is 10.1. The Morgan fingerprint density at radius 2 is 1.27 bits per heavy atom. The van der Waals surface area contributed by atoms with Crippen LogP contribution in [0.4, 0.5) is 4.79 Å². The van der Waals surface area contributed by atoms with Crippen LogP contribution in [0, 0.1) is 0 Å². The molecule has 6 N–H and O–H groups in total. The Bertz CT molecular complexity index is 1600. The maximum absolute atomic E-state index is 14.7. The minimum Gasteiger partial charge on any atom is -0.445 e. The number of hydrogen-bond acceptors (Lipinski definition) is 6. The van der Waals surface area contributed by atoms with E-state index in [1.807, 2.05) is 54.6 Å². The van der Waals surface area contributed by atoms with Crippen LogP contribution in [0.3, 0.4) is 0 Å². The molecule has 0 aliphatic heterocycles. The van der Waals surface area contributed by atoms with Crippen molar-refractivity contribution in [2.75, 3.05) is 0 Å². The highest BCUT2D eigenvalue weighted by Crippen LogP contribution is 2.59. The number of para-hydroxylation sites is 2. The van der Waals surface area contributed by atoms with Gasteiger partial charge in [0.05, 0.1) is 0 Å². The van der Waals surface area contributed by atoms with Crippen molar-refractivity contribution >= 4 is 24.5 Å². The lowest BCUT2D eigenvalue weighted by Crippen LogP contribution is -2.58. The smallest absolute Gasteiger partial charge is 0.445 e. The van der Waals surface area contributed by atoms with Gasteiger partial charge < -0.3 is 24.8 Å². The number of benzene rings is 5. The third-order valence-electron chi connectivity index (χ3n) is 6.44. The Balaban J connectivity index is 1.47. The van der Waals surface area contributed by atoms with Gasteiger partial charge in [0.15, 0.2) is 11.9 Å². The summed E-state index contributed by atoms with van der Waals surface area (Å²) in [5, 5.41) is 4.77. The molecule has 0 saturated heterocycles. The van der Waals surface area contributed by atoms with E-state index in [-0.39, 0.29) is 6.61 Å². The Kier molecular flexibility index (Phi) is 8.65. The first kappa shape index (κ1) is 27.9. The van der Waals surface area contributed by atoms with Gasteiger partial charge in [-0.15, -0.1) is 0 Å². The third kappa shape index (κ3) is 6.94. The first-order valence-corrected chi connectivity index (χ1v) is 14.7. The number of ether oxygens (including phenoxy) is 1. The molecule has 5 aromatic carbocycles. The Labute approximate surface area is 238 Å². The van der Waals surface area contributed by atoms with E-state index >= 15 is 0 Å². The van der Waals surface area contributed by atoms with Crippen LogP contribution in [0.1, 0.15) is 28.6 Å². The SMILES string of the molecule is NC([NH3+])c1ccc(C(NC(=O)OCc2cccc3ccccc23)P(=O)(Oc2ccccc2)Oc2ccccc2)cc1. The van der Waals surface area contributed by atoms with Crippen LogP contribution in [0.2, 0.25) is 0 Å². The molecule has 41 heavy (non-hydrogen) atoms. The highest BCUT2D eigenvalue weighted by Gasteiger charge is 2.42. The number of nitrogens with two attached hydrogens (primary N) is 1. The molecule has 1 amide bonds. The van der Waals surface area contributed by atoms with Gasteiger partial charge in [0.2, 0.25) is 0 Å². The van der Waals surface area contributed by atoms with E-state index in [2.05, 4.69) is 11.1 Å². The second kappa shape index (κ2) is 12.7. The molecular formula is C32H31N3O5P+. The highest BCUT2D eigenvalue weighted by molar-refractivity contribution is 7.55. The van der Waals surface area contributed by atoms with Crippen molar-refractivity contribution in [1.29, 1.82) is 0 Å². The second-order valence-electron chi connectivity index (χ2n) is 9.38. The van der Waals surface area contributed by atoms with Crippen molar-refractivity contribution < 1.29 is 28.9 Å². The molecule has 9 heteroatoms. The van der Waals surface area contributed by atoms with Crippen molar-refractivity contribution in [1.82, 2.24) is 5.32 Å². The van der Waals surface area contributed by atoms with Crippen LogP contribution in [0.25, 0.3) is 10.8 Å². The third-order valence-corrected chi connectivity index (χ3v) is 8.43. The van der Waals surface area contributed by atoms with Crippen molar-refractivity contribution in [2.24, 2.45) is 5.73 Å². The molecule has 2 atom stereocenters. The van der Waals surface area contributed by atoms with Gasteiger partial charge in [0, 0.05) is 5.56 Å². The lowest BCUT2D eigenvalue weighted by Gasteiger charge is -2.28. The van der Waals surface area contributed by atoms with E-state index in [1.54, 1.807) is 72.8 Å². The molecule has 0 spiro atoms. The molecule has 8 nitrogen and oxygen atoms in total. The first-order valence-electron chi connectivity index (χ1n) is 13.1. The van der Waals surface area contributed by atoms with E-state index < -0.39 is 25.6 Å². The maximum atomic E-state index is 14.7. The predicted molar refractivity (Wildman–Crippen MR) is 158 cm³/mol. The maximum Gasteiger partial charge on any atom is 0.457 e. The molecule has 0 radical (unpaired) electrons. The van der Waals surface area contributed by atoms with Gasteiger partial charge in [-0.25, -0.2) is 9.36 Å². The van der Waals surface area contributed by atoms with E-state index in [4.69, 9.17) is 19.5 Å². The summed E-state index contributed by atoms with van der Waals surface area (Å²) in [6, 6.07) is 37.9. The fourth-order valence-corrected chi connectivity index (χ4v) is 6.25. The molecule has 0 bridgehead atoms. The van der Waals surface area contributed by atoms with Crippen LogP contribution in [0.15, 0.2) is 127 Å². The lowest BCUT2D eigenvalue weighted by molar-refractivity contribution is -0.424. The largest absolute Gasteiger partial charge is 0.457 e. The van der Waals surface area contributed by atoms with Crippen LogP contribution in [-0.2, 0) is 15.9 Å². The Morgan fingerprint density at radius 3 is 1.88 bits per heavy atom. The van der Waals surface area contributed by atoms with Gasteiger partial charge in [0.25, 0.3) is 0 Å². The minimum atomic E-state index is -4.18. The monoisotopic (exact) mass is 568 g/mol. The number of hydrogen-bond donors (Lipinski definition) is 3. The summed E-state index contributed by atoms with van der Waals surface area (Å²) in [6.45, 7) is 0.0125. The number of fused-ring (bicyclic) bond motifs is 1. The summed E-state index contributed by atoms with van der Waals surface area (Å²) in [6.07, 6.45) is -1.23. The van der Waals surface area contributed by atoms with Gasteiger partial charge in [-0.05, 0) is 46.2 Å². The van der Waals surface area contributed by atoms with E-state index in [1.165, 1.54) is 0 Å². The topological polar surface area (TPSA) is 128 Å². The van der Waals surface area contributed by atoms with Gasteiger partial charge in [0.1, 0.15) is 18.1 Å². The van der Waals surface area contributed by atoms with Gasteiger partial charge in [-0.1, -0.05) is 103 Å². The molecule has 208 valence electrons. The van der Waals surface area contributed by atoms with Crippen molar-refractivity contribution in [3.8, 4) is 11.5 Å². The van der Waals surface area contributed by atoms with E-state index in [9.17, 15) is 9.36 Å². The highest BCUT2D eigenvalue weighted by atomic mass is 31.2. The van der Waals surface area contributed by atoms with Crippen LogP contribution in [0.5, 0.6) is 11.5 Å². The summed E-state index contributed by atoms with van der Waals surface area (Å²) in [7, 11) is -4.18. The number of amides is 1. The first-order chi connectivity index (χ1) is 19.9. The fourth-order valence-electron chi connectivity index (χ4n) is 4.37. The molecular weight excluding hydrogens is 537 g/mol. The standard InChI is InChI=1S/C32H30N3O5P/c33-30(34)24-18-20-25(21-19-24)31(35-32(36)38-22-26-12-9-11-23-10-7-8-17-29(23)26)41(37,39-27-13-3-1-4-14-27)40-28-15-5-2-6-16-28/h1-21,30-31H,22,33-34H2,(H,35,36)/p+1. The van der Waals surface area contributed by atoms with E-state index in [0.717, 1.165) is 21.9 Å². The average Bonchev–Trinajstić information content (AvgIpc) is 2.99. The minimum absolute atomic E-state index is 0.0125. The molecule has 0 heterocycles. The molecule has 0 aromatic heterocycles. The summed E-state index contributed by atoms with van der Waals surface area (Å²) < 4.78 is 32.4. The Morgan fingerprint density at radius 1 is 0.732 bits per heavy atom. The molecule has 0 aliphatic carbocycles. The quantitative estimate of drug-likeness (QED) is 0.134. The number of carbonyl (C=O) groups excluding carboxylic acids is 1. The van der Waals surface area contributed by atoms with Crippen molar-refractivity contribution in [3.05, 3.63) is 144 Å². The van der Waals surface area contributed by atoms with Gasteiger partial charge in [-0.3, -0.25) is 5.73 Å². The van der Waals surface area contributed by atoms with Crippen LogP contribution in [-0.4, -0.2) is 6.09 Å². The van der Waals surface area contributed by atoms with Crippen molar-refractivity contribution in [3.63, 3.8) is 0 Å². The molecule has 5 rings (SSSR count). The number of alkyl carbamates (subject to hydrolysis) is 1. The summed E-state index contributed by atoms with van der Waals surface area (Å²) in [5.74, 6) is -0.587. The zero-order valence-corrected chi connectivity index (χ0v) is 23.2. The molecule has 0 aliphatic rings. The number of carbonyl (C=O) groups is 1. The molecule has 0 saturated carbocycles. The summed E-state index contributed by atoms with van der Waals surface area (Å²) >= 11 is 0. The zero-order chi connectivity index (χ0) is 28.7. The summed E-state index contributed by atoms with van der Waals surface area (Å²) in [5.41, 5.74) is 11.9. The van der Waals surface area contributed by atoms with E-state index in [0.29, 0.717) is 17.1 Å². The van der Waals surface area contributed by atoms with Gasteiger partial charge >= 0.3 is 13.7 Å². The number of rotatable bonds is 10. The molecule has 5 aromatic rings. The van der Waals surface area contributed by atoms with Crippen LogP contribution >= 0.6 is 7.60 Å². The molecule has 2 unspecified atom stereocenters. The van der Waals surface area contributed by atoms with Crippen LogP contribution < -0.4 is 25.8 Å². The summed E-state index contributed by atoms with van der Waals surface area (Å²) in [4.78, 5) is 13.3. The van der Waals surface area contributed by atoms with Gasteiger partial charge in [-0.2, -0.15) is 0 Å². The predicted octanol–water partition coefficient (Wildman–Crippen LogP) is 6.32. The number of quaternary nitrogens is 1. The Hall–Kier alpha value is -4.62. The molecule has 0 fully saturated rings. The fraction of sp³-hybridized carbons (Fsp3) is 0.0938. The van der Waals surface area contributed by atoms with Crippen molar-refractivity contribution in [2.45, 2.75) is 18.6 Å². The second-order valence-corrected chi connectivity index (χ2v) is 11.3.